The fourth-order valence-corrected chi connectivity index (χ4v) is 1.88. The molecule has 110 valence electrons. The molecule has 1 heterocycles. The van der Waals surface area contributed by atoms with Crippen LogP contribution >= 0.6 is 12.2 Å². The number of hydrogen-bond donors (Lipinski definition) is 1. The fraction of sp³-hybridized carbons (Fsp3) is 0.533. The number of hydrogen-bond acceptors (Lipinski definition) is 3. The Morgan fingerprint density at radius 1 is 1.50 bits per heavy atom. The summed E-state index contributed by atoms with van der Waals surface area (Å²) in [6, 6.07) is 3.84. The van der Waals surface area contributed by atoms with E-state index < -0.39 is 0 Å². The van der Waals surface area contributed by atoms with E-state index in [0.717, 1.165) is 12.0 Å². The van der Waals surface area contributed by atoms with Gasteiger partial charge in [-0.3, -0.25) is 9.78 Å². The van der Waals surface area contributed by atoms with Gasteiger partial charge in [0.15, 0.2) is 0 Å². The predicted molar refractivity (Wildman–Crippen MR) is 85.1 cm³/mol. The van der Waals surface area contributed by atoms with Gasteiger partial charge in [0.1, 0.15) is 0 Å². The number of aromatic nitrogens is 1. The van der Waals surface area contributed by atoms with Gasteiger partial charge in [-0.15, -0.1) is 0 Å². The number of carbonyl (C=O) groups is 1. The number of pyridine rings is 1. The van der Waals surface area contributed by atoms with E-state index in [1.807, 2.05) is 37.8 Å². The maximum Gasteiger partial charge on any atom is 0.228 e. The van der Waals surface area contributed by atoms with Crippen LogP contribution in [0.2, 0.25) is 0 Å². The van der Waals surface area contributed by atoms with E-state index in [0.29, 0.717) is 24.5 Å². The molecule has 1 aromatic heterocycles. The zero-order valence-corrected chi connectivity index (χ0v) is 13.2. The lowest BCUT2D eigenvalue weighted by atomic mass is 9.88. The van der Waals surface area contributed by atoms with Crippen LogP contribution < -0.4 is 5.73 Å². The summed E-state index contributed by atoms with van der Waals surface area (Å²) in [5.74, 6) is 0.125. The van der Waals surface area contributed by atoms with Crippen LogP contribution in [-0.2, 0) is 11.3 Å². The lowest BCUT2D eigenvalue weighted by Crippen LogP contribution is -2.41. The van der Waals surface area contributed by atoms with Crippen molar-refractivity contribution < 1.29 is 4.79 Å². The smallest absolute Gasteiger partial charge is 0.228 e. The second-order valence-corrected chi connectivity index (χ2v) is 6.07. The molecule has 0 radical (unpaired) electrons. The molecule has 0 aromatic carbocycles. The number of carbonyl (C=O) groups excluding carboxylic acids is 1. The number of amides is 1. The average Bonchev–Trinajstić information content (AvgIpc) is 2.43. The van der Waals surface area contributed by atoms with E-state index >= 15 is 0 Å². The molecule has 0 aliphatic heterocycles. The van der Waals surface area contributed by atoms with Crippen molar-refractivity contribution in [1.29, 1.82) is 0 Å². The molecule has 2 N–H and O–H groups in total. The predicted octanol–water partition coefficient (Wildman–Crippen LogP) is 2.52. The van der Waals surface area contributed by atoms with E-state index in [2.05, 4.69) is 4.98 Å². The minimum absolute atomic E-state index is 0.125. The van der Waals surface area contributed by atoms with E-state index in [1.165, 1.54) is 0 Å². The Morgan fingerprint density at radius 3 is 2.70 bits per heavy atom. The summed E-state index contributed by atoms with van der Waals surface area (Å²) in [7, 11) is 0. The monoisotopic (exact) mass is 293 g/mol. The molecule has 1 amide bonds. The molecular formula is C15H23N3OS. The Kier molecular flexibility index (Phi) is 6.07. The van der Waals surface area contributed by atoms with Crippen molar-refractivity contribution in [2.75, 3.05) is 6.54 Å². The first kappa shape index (κ1) is 16.6. The van der Waals surface area contributed by atoms with Gasteiger partial charge in [-0.2, -0.15) is 0 Å². The largest absolute Gasteiger partial charge is 0.393 e. The summed E-state index contributed by atoms with van der Waals surface area (Å²) in [5.41, 5.74) is 6.19. The van der Waals surface area contributed by atoms with Crippen molar-refractivity contribution in [1.82, 2.24) is 9.88 Å². The standard InChI is InChI=1S/C15H23N3OS/c1-4-15(2,3)14(19)18(9-7-13(16)20)11-12-6-5-8-17-10-12/h5-6,8,10H,4,7,9,11H2,1-3H3,(H2,16,20). The van der Waals surface area contributed by atoms with Crippen LogP contribution in [0.4, 0.5) is 0 Å². The van der Waals surface area contributed by atoms with Gasteiger partial charge in [0.2, 0.25) is 5.91 Å². The third-order valence-corrected chi connectivity index (χ3v) is 3.68. The number of nitrogens with zero attached hydrogens (tertiary/aromatic N) is 2. The Morgan fingerprint density at radius 2 is 2.20 bits per heavy atom. The van der Waals surface area contributed by atoms with E-state index in [-0.39, 0.29) is 11.3 Å². The van der Waals surface area contributed by atoms with Crippen LogP contribution in [0.25, 0.3) is 0 Å². The summed E-state index contributed by atoms with van der Waals surface area (Å²) in [4.78, 5) is 19.0. The van der Waals surface area contributed by atoms with Crippen molar-refractivity contribution >= 4 is 23.1 Å². The Bertz CT molecular complexity index is 459. The SMILES string of the molecule is CCC(C)(C)C(=O)N(CCC(N)=S)Cc1cccnc1. The second kappa shape index (κ2) is 7.33. The minimum Gasteiger partial charge on any atom is -0.393 e. The molecule has 0 aliphatic carbocycles. The van der Waals surface area contributed by atoms with Crippen LogP contribution in [0, 0.1) is 5.41 Å². The Hall–Kier alpha value is -1.49. The van der Waals surface area contributed by atoms with E-state index in [1.54, 1.807) is 12.4 Å². The molecule has 5 heteroatoms. The lowest BCUT2D eigenvalue weighted by Gasteiger charge is -2.31. The maximum atomic E-state index is 12.6. The highest BCUT2D eigenvalue weighted by molar-refractivity contribution is 7.80. The normalized spacial score (nSPS) is 11.2. The molecule has 4 nitrogen and oxygen atoms in total. The summed E-state index contributed by atoms with van der Waals surface area (Å²) in [6.45, 7) is 7.04. The molecule has 0 saturated carbocycles. The number of nitrogens with two attached hydrogens (primary N) is 1. The van der Waals surface area contributed by atoms with Crippen LogP contribution in [0.15, 0.2) is 24.5 Å². The first-order valence-electron chi connectivity index (χ1n) is 6.83. The van der Waals surface area contributed by atoms with Gasteiger partial charge >= 0.3 is 0 Å². The Labute approximate surface area is 126 Å². The van der Waals surface area contributed by atoms with E-state index in [9.17, 15) is 4.79 Å². The molecule has 1 aromatic rings. The van der Waals surface area contributed by atoms with Crippen LogP contribution in [0.5, 0.6) is 0 Å². The van der Waals surface area contributed by atoms with Gasteiger partial charge in [-0.25, -0.2) is 0 Å². The molecule has 0 unspecified atom stereocenters. The quantitative estimate of drug-likeness (QED) is 0.785. The van der Waals surface area contributed by atoms with Crippen molar-refractivity contribution in [2.45, 2.75) is 40.2 Å². The topological polar surface area (TPSA) is 59.2 Å². The van der Waals surface area contributed by atoms with Crippen molar-refractivity contribution in [3.8, 4) is 0 Å². The fourth-order valence-electron chi connectivity index (χ4n) is 1.79. The first-order chi connectivity index (χ1) is 9.36. The molecule has 1 rings (SSSR count). The average molecular weight is 293 g/mol. The van der Waals surface area contributed by atoms with Crippen molar-refractivity contribution in [3.05, 3.63) is 30.1 Å². The summed E-state index contributed by atoms with van der Waals surface area (Å²) < 4.78 is 0. The molecular weight excluding hydrogens is 270 g/mol. The summed E-state index contributed by atoms with van der Waals surface area (Å²) in [5, 5.41) is 0. The van der Waals surface area contributed by atoms with Crippen molar-refractivity contribution in [3.63, 3.8) is 0 Å². The number of thiocarbonyl (C=S) groups is 1. The van der Waals surface area contributed by atoms with Gasteiger partial charge in [0, 0.05) is 37.3 Å². The van der Waals surface area contributed by atoms with Crippen LogP contribution in [0.3, 0.4) is 0 Å². The molecule has 0 aliphatic rings. The van der Waals surface area contributed by atoms with Gasteiger partial charge in [-0.1, -0.05) is 39.1 Å². The molecule has 0 spiro atoms. The molecule has 0 fully saturated rings. The van der Waals surface area contributed by atoms with Gasteiger partial charge < -0.3 is 10.6 Å². The minimum atomic E-state index is -0.377. The summed E-state index contributed by atoms with van der Waals surface area (Å²) >= 11 is 4.91. The highest BCUT2D eigenvalue weighted by Crippen LogP contribution is 2.24. The second-order valence-electron chi connectivity index (χ2n) is 5.54. The highest BCUT2D eigenvalue weighted by atomic mass is 32.1. The zero-order chi connectivity index (χ0) is 15.2. The molecule has 20 heavy (non-hydrogen) atoms. The van der Waals surface area contributed by atoms with Gasteiger partial charge in [0.05, 0.1) is 4.99 Å². The molecule has 0 saturated heterocycles. The van der Waals surface area contributed by atoms with Gasteiger partial charge in [0.25, 0.3) is 0 Å². The third kappa shape index (κ3) is 4.89. The lowest BCUT2D eigenvalue weighted by molar-refractivity contribution is -0.141. The van der Waals surface area contributed by atoms with Crippen LogP contribution in [0.1, 0.15) is 39.2 Å². The van der Waals surface area contributed by atoms with Crippen molar-refractivity contribution in [2.24, 2.45) is 11.1 Å². The molecule has 0 atom stereocenters. The van der Waals surface area contributed by atoms with E-state index in [4.69, 9.17) is 18.0 Å². The first-order valence-corrected chi connectivity index (χ1v) is 7.24. The maximum absolute atomic E-state index is 12.6. The highest BCUT2D eigenvalue weighted by Gasteiger charge is 2.30. The zero-order valence-electron chi connectivity index (χ0n) is 12.4. The molecule has 0 bridgehead atoms. The third-order valence-electron chi connectivity index (χ3n) is 3.47. The number of rotatable bonds is 7. The Balaban J connectivity index is 2.85. The van der Waals surface area contributed by atoms with Crippen LogP contribution in [-0.4, -0.2) is 27.3 Å². The van der Waals surface area contributed by atoms with Gasteiger partial charge in [-0.05, 0) is 18.1 Å². The summed E-state index contributed by atoms with van der Waals surface area (Å²) in [6.07, 6.45) is 4.84.